The van der Waals surface area contributed by atoms with Crippen LogP contribution >= 0.6 is 0 Å². The molecule has 1 nitrogen and oxygen atoms in total. The SMILES string of the molecule is C=C[C@@](C)(O)CC/C=C(\C)CC/C=C(\C)C/C=C/C(=C)C. The lowest BCUT2D eigenvalue weighted by Crippen LogP contribution is -2.19. The van der Waals surface area contributed by atoms with Crippen LogP contribution in [-0.4, -0.2) is 10.7 Å². The average Bonchev–Trinajstić information content (AvgIpc) is 2.38. The standard InChI is InChI=1S/C20H32O/c1-7-20(6,21)16-10-15-19(5)14-9-13-18(4)12-8-11-17(2)3/h7-8,11,13,15,21H,1-2,9-10,12,14,16H2,3-6H3/b11-8+,18-13+,19-15+/t20-/m1/s1. The second-order valence-electron chi connectivity index (χ2n) is 6.19. The molecule has 0 saturated heterocycles. The Morgan fingerprint density at radius 1 is 1.10 bits per heavy atom. The summed E-state index contributed by atoms with van der Waals surface area (Å²) >= 11 is 0. The molecule has 0 aromatic carbocycles. The number of allylic oxidation sites excluding steroid dienone is 7. The number of hydrogen-bond acceptors (Lipinski definition) is 1. The van der Waals surface area contributed by atoms with Gasteiger partial charge in [-0.1, -0.05) is 53.7 Å². The summed E-state index contributed by atoms with van der Waals surface area (Å²) < 4.78 is 0. The second-order valence-corrected chi connectivity index (χ2v) is 6.19. The quantitative estimate of drug-likeness (QED) is 0.392. The normalized spacial score (nSPS) is 16.0. The van der Waals surface area contributed by atoms with Crippen molar-refractivity contribution in [2.75, 3.05) is 0 Å². The first kappa shape index (κ1) is 19.7. The molecule has 0 aliphatic rings. The smallest absolute Gasteiger partial charge is 0.0800 e. The monoisotopic (exact) mass is 288 g/mol. The first-order valence-corrected chi connectivity index (χ1v) is 7.76. The Labute approximate surface area is 131 Å². The van der Waals surface area contributed by atoms with Crippen molar-refractivity contribution in [3.63, 3.8) is 0 Å². The van der Waals surface area contributed by atoms with Crippen molar-refractivity contribution >= 4 is 0 Å². The van der Waals surface area contributed by atoms with Gasteiger partial charge in [0.1, 0.15) is 0 Å². The second kappa shape index (κ2) is 10.4. The fraction of sp³-hybridized carbons (Fsp3) is 0.500. The average molecular weight is 288 g/mol. The fourth-order valence-corrected chi connectivity index (χ4v) is 1.89. The fourth-order valence-electron chi connectivity index (χ4n) is 1.89. The summed E-state index contributed by atoms with van der Waals surface area (Å²) in [5.74, 6) is 0. The topological polar surface area (TPSA) is 20.2 Å². The van der Waals surface area contributed by atoms with Crippen LogP contribution in [0.1, 0.15) is 59.8 Å². The lowest BCUT2D eigenvalue weighted by Gasteiger charge is -2.16. The van der Waals surface area contributed by atoms with Crippen LogP contribution in [0, 0.1) is 0 Å². The van der Waals surface area contributed by atoms with Crippen molar-refractivity contribution in [3.8, 4) is 0 Å². The molecule has 1 N–H and O–H groups in total. The van der Waals surface area contributed by atoms with E-state index in [0.29, 0.717) is 0 Å². The zero-order valence-corrected chi connectivity index (χ0v) is 14.3. The van der Waals surface area contributed by atoms with Crippen LogP contribution in [0.4, 0.5) is 0 Å². The van der Waals surface area contributed by atoms with Gasteiger partial charge >= 0.3 is 0 Å². The van der Waals surface area contributed by atoms with Crippen LogP contribution in [0.25, 0.3) is 0 Å². The molecule has 0 amide bonds. The molecule has 0 unspecified atom stereocenters. The van der Waals surface area contributed by atoms with Gasteiger partial charge in [-0.05, 0) is 59.8 Å². The van der Waals surface area contributed by atoms with Crippen LogP contribution in [0.5, 0.6) is 0 Å². The van der Waals surface area contributed by atoms with Gasteiger partial charge in [-0.15, -0.1) is 6.58 Å². The van der Waals surface area contributed by atoms with Crippen LogP contribution in [0.15, 0.2) is 60.3 Å². The van der Waals surface area contributed by atoms with Gasteiger partial charge < -0.3 is 5.11 Å². The molecule has 1 heteroatoms. The third-order valence-electron chi connectivity index (χ3n) is 3.46. The van der Waals surface area contributed by atoms with Crippen molar-refractivity contribution < 1.29 is 5.11 Å². The molecular weight excluding hydrogens is 256 g/mol. The molecule has 0 saturated carbocycles. The Bertz CT molecular complexity index is 419. The highest BCUT2D eigenvalue weighted by Crippen LogP contribution is 2.16. The molecule has 0 aromatic rings. The van der Waals surface area contributed by atoms with Crippen molar-refractivity contribution in [2.45, 2.75) is 65.4 Å². The highest BCUT2D eigenvalue weighted by molar-refractivity contribution is 5.15. The molecule has 0 rings (SSSR count). The maximum absolute atomic E-state index is 9.84. The van der Waals surface area contributed by atoms with E-state index in [1.165, 1.54) is 11.1 Å². The van der Waals surface area contributed by atoms with E-state index in [1.54, 1.807) is 13.0 Å². The third kappa shape index (κ3) is 12.1. The number of hydrogen-bond donors (Lipinski definition) is 1. The number of rotatable bonds is 10. The summed E-state index contributed by atoms with van der Waals surface area (Å²) in [5, 5.41) is 9.84. The van der Waals surface area contributed by atoms with Crippen LogP contribution in [0.2, 0.25) is 0 Å². The van der Waals surface area contributed by atoms with E-state index < -0.39 is 5.60 Å². The molecule has 0 aromatic heterocycles. The van der Waals surface area contributed by atoms with Crippen molar-refractivity contribution in [3.05, 3.63) is 60.3 Å². The largest absolute Gasteiger partial charge is 0.386 e. The Morgan fingerprint density at radius 3 is 2.29 bits per heavy atom. The summed E-state index contributed by atoms with van der Waals surface area (Å²) in [7, 11) is 0. The molecule has 1 atom stereocenters. The van der Waals surface area contributed by atoms with Crippen LogP contribution < -0.4 is 0 Å². The van der Waals surface area contributed by atoms with Crippen LogP contribution in [-0.2, 0) is 0 Å². The molecule has 0 bridgehead atoms. The Hall–Kier alpha value is -1.34. The van der Waals surface area contributed by atoms with Crippen molar-refractivity contribution in [1.82, 2.24) is 0 Å². The maximum Gasteiger partial charge on any atom is 0.0800 e. The van der Waals surface area contributed by atoms with E-state index in [-0.39, 0.29) is 0 Å². The molecule has 0 fully saturated rings. The predicted octanol–water partition coefficient (Wildman–Crippen LogP) is 5.90. The van der Waals surface area contributed by atoms with E-state index in [4.69, 9.17) is 0 Å². The van der Waals surface area contributed by atoms with E-state index in [1.807, 2.05) is 6.92 Å². The van der Waals surface area contributed by atoms with E-state index in [0.717, 1.165) is 37.7 Å². The molecule has 118 valence electrons. The first-order chi connectivity index (χ1) is 9.76. The summed E-state index contributed by atoms with van der Waals surface area (Å²) in [6, 6.07) is 0. The van der Waals surface area contributed by atoms with Crippen molar-refractivity contribution in [2.24, 2.45) is 0 Å². The summed E-state index contributed by atoms with van der Waals surface area (Å²) in [4.78, 5) is 0. The molecule has 0 radical (unpaired) electrons. The van der Waals surface area contributed by atoms with Gasteiger partial charge in [0.05, 0.1) is 5.60 Å². The summed E-state index contributed by atoms with van der Waals surface area (Å²) in [5.41, 5.74) is 3.13. The van der Waals surface area contributed by atoms with Crippen molar-refractivity contribution in [1.29, 1.82) is 0 Å². The minimum absolute atomic E-state index is 0.731. The third-order valence-corrected chi connectivity index (χ3v) is 3.46. The molecule has 0 heterocycles. The van der Waals surface area contributed by atoms with E-state index in [9.17, 15) is 5.11 Å². The van der Waals surface area contributed by atoms with E-state index >= 15 is 0 Å². The first-order valence-electron chi connectivity index (χ1n) is 7.76. The lowest BCUT2D eigenvalue weighted by atomic mass is 9.99. The van der Waals surface area contributed by atoms with Gasteiger partial charge in [0.2, 0.25) is 0 Å². The van der Waals surface area contributed by atoms with Gasteiger partial charge in [-0.3, -0.25) is 0 Å². The highest BCUT2D eigenvalue weighted by atomic mass is 16.3. The van der Waals surface area contributed by atoms with Gasteiger partial charge in [0.25, 0.3) is 0 Å². The Morgan fingerprint density at radius 2 is 1.71 bits per heavy atom. The zero-order chi connectivity index (χ0) is 16.3. The zero-order valence-electron chi connectivity index (χ0n) is 14.3. The molecular formula is C20H32O. The molecule has 0 aliphatic carbocycles. The van der Waals surface area contributed by atoms with Gasteiger partial charge in [0.15, 0.2) is 0 Å². The molecule has 21 heavy (non-hydrogen) atoms. The maximum atomic E-state index is 9.84. The minimum Gasteiger partial charge on any atom is -0.386 e. The molecule has 0 spiro atoms. The molecule has 0 aliphatic heterocycles. The summed E-state index contributed by atoms with van der Waals surface area (Å²) in [6.07, 6.45) is 15.1. The van der Waals surface area contributed by atoms with E-state index in [2.05, 4.69) is 51.3 Å². The van der Waals surface area contributed by atoms with Gasteiger partial charge in [0, 0.05) is 0 Å². The van der Waals surface area contributed by atoms with Crippen LogP contribution in [0.3, 0.4) is 0 Å². The Balaban J connectivity index is 4.04. The predicted molar refractivity (Wildman–Crippen MR) is 95.4 cm³/mol. The number of aliphatic hydroxyl groups is 1. The minimum atomic E-state index is -0.747. The highest BCUT2D eigenvalue weighted by Gasteiger charge is 2.13. The van der Waals surface area contributed by atoms with Gasteiger partial charge in [-0.25, -0.2) is 0 Å². The lowest BCUT2D eigenvalue weighted by molar-refractivity contribution is 0.103. The Kier molecular flexibility index (Phi) is 9.73. The summed E-state index contributed by atoms with van der Waals surface area (Å²) in [6.45, 7) is 15.6. The van der Waals surface area contributed by atoms with Gasteiger partial charge in [-0.2, -0.15) is 0 Å².